The number of thiophene rings is 1. The summed E-state index contributed by atoms with van der Waals surface area (Å²) in [5.74, 6) is 0.116. The molecule has 0 amide bonds. The second-order valence-electron chi connectivity index (χ2n) is 4.90. The van der Waals surface area contributed by atoms with Crippen molar-refractivity contribution < 1.29 is 16.8 Å². The first-order valence-corrected chi connectivity index (χ1v) is 10.8. The van der Waals surface area contributed by atoms with Crippen LogP contribution in [0.2, 0.25) is 0 Å². The standard InChI is InChI=1S/C12H20N2O4S3/c1-2-11-20(15,16)13-6-4-7-14(9-8-13)21(17,18)12-5-3-10-19-12/h3,5,10H,2,4,6-9,11H2,1H3. The fraction of sp³-hybridized carbons (Fsp3) is 0.667. The van der Waals surface area contributed by atoms with Crippen molar-refractivity contribution in [2.45, 2.75) is 24.0 Å². The van der Waals surface area contributed by atoms with Crippen LogP contribution in [-0.2, 0) is 20.0 Å². The van der Waals surface area contributed by atoms with E-state index in [1.165, 1.54) is 19.9 Å². The molecule has 2 rings (SSSR count). The van der Waals surface area contributed by atoms with Gasteiger partial charge in [-0.2, -0.15) is 4.31 Å². The van der Waals surface area contributed by atoms with Crippen LogP contribution in [0.15, 0.2) is 21.7 Å². The van der Waals surface area contributed by atoms with E-state index in [9.17, 15) is 16.8 Å². The molecule has 120 valence electrons. The summed E-state index contributed by atoms with van der Waals surface area (Å²) in [6, 6.07) is 3.28. The molecule has 0 unspecified atom stereocenters. The van der Waals surface area contributed by atoms with E-state index in [-0.39, 0.29) is 18.8 Å². The minimum atomic E-state index is -3.49. The molecule has 6 nitrogen and oxygen atoms in total. The monoisotopic (exact) mass is 352 g/mol. The lowest BCUT2D eigenvalue weighted by molar-refractivity contribution is 0.405. The molecule has 0 spiro atoms. The zero-order chi connectivity index (χ0) is 15.5. The minimum Gasteiger partial charge on any atom is -0.212 e. The highest BCUT2D eigenvalue weighted by Gasteiger charge is 2.30. The molecule has 2 heterocycles. The van der Waals surface area contributed by atoms with Crippen LogP contribution < -0.4 is 0 Å². The van der Waals surface area contributed by atoms with E-state index in [2.05, 4.69) is 0 Å². The Bertz CT molecular complexity index is 653. The summed E-state index contributed by atoms with van der Waals surface area (Å²) in [5.41, 5.74) is 0. The van der Waals surface area contributed by atoms with Gasteiger partial charge in [0.1, 0.15) is 4.21 Å². The summed E-state index contributed by atoms with van der Waals surface area (Å²) in [5, 5.41) is 1.72. The Kier molecular flexibility index (Phi) is 5.42. The largest absolute Gasteiger partial charge is 0.252 e. The zero-order valence-electron chi connectivity index (χ0n) is 11.9. The minimum absolute atomic E-state index is 0.116. The van der Waals surface area contributed by atoms with Gasteiger partial charge in [0, 0.05) is 26.2 Å². The molecule has 1 fully saturated rings. The highest BCUT2D eigenvalue weighted by atomic mass is 32.2. The van der Waals surface area contributed by atoms with Crippen molar-refractivity contribution in [1.82, 2.24) is 8.61 Å². The summed E-state index contributed by atoms with van der Waals surface area (Å²) in [7, 11) is -6.76. The number of hydrogen-bond donors (Lipinski definition) is 0. The lowest BCUT2D eigenvalue weighted by atomic mass is 10.4. The topological polar surface area (TPSA) is 74.8 Å². The highest BCUT2D eigenvalue weighted by Crippen LogP contribution is 2.22. The third kappa shape index (κ3) is 3.84. The van der Waals surface area contributed by atoms with Crippen molar-refractivity contribution in [3.8, 4) is 0 Å². The van der Waals surface area contributed by atoms with Crippen molar-refractivity contribution in [1.29, 1.82) is 0 Å². The zero-order valence-corrected chi connectivity index (χ0v) is 14.4. The maximum Gasteiger partial charge on any atom is 0.252 e. The quantitative estimate of drug-likeness (QED) is 0.798. The molecule has 0 aliphatic carbocycles. The first kappa shape index (κ1) is 16.9. The molecular formula is C12H20N2O4S3. The Morgan fingerprint density at radius 3 is 2.38 bits per heavy atom. The van der Waals surface area contributed by atoms with Crippen LogP contribution >= 0.6 is 11.3 Å². The van der Waals surface area contributed by atoms with Crippen molar-refractivity contribution in [2.75, 3.05) is 31.9 Å². The maximum atomic E-state index is 12.5. The second kappa shape index (κ2) is 6.74. The fourth-order valence-corrected chi connectivity index (χ4v) is 6.47. The van der Waals surface area contributed by atoms with Gasteiger partial charge in [0.2, 0.25) is 10.0 Å². The van der Waals surface area contributed by atoms with E-state index in [1.54, 1.807) is 17.5 Å². The van der Waals surface area contributed by atoms with E-state index in [0.717, 1.165) is 0 Å². The normalized spacial score (nSPS) is 19.5. The molecule has 1 aliphatic rings. The van der Waals surface area contributed by atoms with Crippen molar-refractivity contribution in [3.05, 3.63) is 17.5 Å². The predicted octanol–water partition coefficient (Wildman–Crippen LogP) is 1.18. The number of sulfonamides is 2. The average molecular weight is 353 g/mol. The third-order valence-electron chi connectivity index (χ3n) is 3.36. The molecule has 0 N–H and O–H groups in total. The molecule has 0 saturated carbocycles. The van der Waals surface area contributed by atoms with Gasteiger partial charge in [0.05, 0.1) is 5.75 Å². The summed E-state index contributed by atoms with van der Waals surface area (Å²) in [6.45, 7) is 3.01. The SMILES string of the molecule is CCCS(=O)(=O)N1CCCN(S(=O)(=O)c2cccs2)CC1. The van der Waals surface area contributed by atoms with Crippen molar-refractivity contribution in [3.63, 3.8) is 0 Å². The molecule has 1 aromatic heterocycles. The van der Waals surface area contributed by atoms with E-state index in [0.29, 0.717) is 30.1 Å². The predicted molar refractivity (Wildman–Crippen MR) is 83.3 cm³/mol. The van der Waals surface area contributed by atoms with Crippen LogP contribution in [0.1, 0.15) is 19.8 Å². The number of nitrogens with zero attached hydrogens (tertiary/aromatic N) is 2. The summed E-state index contributed by atoms with van der Waals surface area (Å²) < 4.78 is 52.2. The van der Waals surface area contributed by atoms with E-state index < -0.39 is 20.0 Å². The Balaban J connectivity index is 2.12. The number of hydrogen-bond acceptors (Lipinski definition) is 5. The molecule has 1 saturated heterocycles. The van der Waals surface area contributed by atoms with Crippen LogP contribution in [0, 0.1) is 0 Å². The van der Waals surface area contributed by atoms with Gasteiger partial charge in [-0.1, -0.05) is 13.0 Å². The molecule has 0 atom stereocenters. The van der Waals surface area contributed by atoms with Crippen LogP contribution in [0.4, 0.5) is 0 Å². The van der Waals surface area contributed by atoms with Gasteiger partial charge in [-0.15, -0.1) is 11.3 Å². The van der Waals surface area contributed by atoms with Gasteiger partial charge in [0.25, 0.3) is 10.0 Å². The summed E-state index contributed by atoms with van der Waals surface area (Å²) >= 11 is 1.18. The second-order valence-corrected chi connectivity index (χ2v) is 10.1. The van der Waals surface area contributed by atoms with Crippen LogP contribution in [-0.4, -0.2) is 57.4 Å². The fourth-order valence-electron chi connectivity index (χ4n) is 2.31. The van der Waals surface area contributed by atoms with Gasteiger partial charge < -0.3 is 0 Å². The Hall–Kier alpha value is -0.480. The third-order valence-corrected chi connectivity index (χ3v) is 8.71. The first-order valence-electron chi connectivity index (χ1n) is 6.89. The van der Waals surface area contributed by atoms with Gasteiger partial charge in [0.15, 0.2) is 0 Å². The molecule has 0 bridgehead atoms. The maximum absolute atomic E-state index is 12.5. The van der Waals surface area contributed by atoms with E-state index in [1.807, 2.05) is 6.92 Å². The Morgan fingerprint density at radius 1 is 1.10 bits per heavy atom. The van der Waals surface area contributed by atoms with Gasteiger partial charge >= 0.3 is 0 Å². The number of rotatable bonds is 5. The van der Waals surface area contributed by atoms with E-state index >= 15 is 0 Å². The molecular weight excluding hydrogens is 332 g/mol. The highest BCUT2D eigenvalue weighted by molar-refractivity contribution is 7.91. The van der Waals surface area contributed by atoms with Crippen molar-refractivity contribution >= 4 is 31.4 Å². The van der Waals surface area contributed by atoms with Crippen LogP contribution in [0.5, 0.6) is 0 Å². The summed E-state index contributed by atoms with van der Waals surface area (Å²) in [4.78, 5) is 0. The molecule has 1 aromatic rings. The lowest BCUT2D eigenvalue weighted by Crippen LogP contribution is -2.38. The Morgan fingerprint density at radius 2 is 1.76 bits per heavy atom. The molecule has 0 radical (unpaired) electrons. The molecule has 1 aliphatic heterocycles. The molecule has 9 heteroatoms. The molecule has 0 aromatic carbocycles. The smallest absolute Gasteiger partial charge is 0.212 e. The average Bonchev–Trinajstić information content (AvgIpc) is 2.82. The lowest BCUT2D eigenvalue weighted by Gasteiger charge is -2.21. The van der Waals surface area contributed by atoms with E-state index in [4.69, 9.17) is 0 Å². The van der Waals surface area contributed by atoms with Crippen LogP contribution in [0.3, 0.4) is 0 Å². The van der Waals surface area contributed by atoms with Crippen LogP contribution in [0.25, 0.3) is 0 Å². The van der Waals surface area contributed by atoms with Gasteiger partial charge in [-0.25, -0.2) is 21.1 Å². The van der Waals surface area contributed by atoms with Gasteiger partial charge in [-0.3, -0.25) is 0 Å². The summed E-state index contributed by atoms with van der Waals surface area (Å²) in [6.07, 6.45) is 1.09. The Labute approximate surface area is 130 Å². The first-order chi connectivity index (χ1) is 9.88. The van der Waals surface area contributed by atoms with Crippen molar-refractivity contribution in [2.24, 2.45) is 0 Å². The molecule has 21 heavy (non-hydrogen) atoms. The van der Waals surface area contributed by atoms with Gasteiger partial charge in [-0.05, 0) is 24.3 Å².